The summed E-state index contributed by atoms with van der Waals surface area (Å²) in [6, 6.07) is 72.9. The topological polar surface area (TPSA) is 48.8 Å². The number of rotatable bonds is 5. The van der Waals surface area contributed by atoms with Crippen molar-refractivity contribution in [1.82, 2.24) is 19.1 Å². The van der Waals surface area contributed by atoms with E-state index in [0.29, 0.717) is 0 Å². The van der Waals surface area contributed by atoms with Crippen LogP contribution in [0.4, 0.5) is 0 Å². The maximum absolute atomic E-state index is 6.98. The van der Waals surface area contributed by atoms with E-state index < -0.39 is 0 Å². The van der Waals surface area contributed by atoms with Gasteiger partial charge in [-0.2, -0.15) is 0 Å². The third-order valence-electron chi connectivity index (χ3n) is 12.3. The first-order chi connectivity index (χ1) is 30.3. The Morgan fingerprint density at radius 1 is 0.328 bits per heavy atom. The highest BCUT2D eigenvalue weighted by Gasteiger charge is 2.22. The first kappa shape index (κ1) is 33.7. The SMILES string of the molecule is c1ccc(-c2nc3ccccc3nc2-c2cccc(-n3c4ccccc4c4cc5c(cc43)c3ccccc3n5-c3cccc4c3oc3c(-c5ccccc5)cccc34)c2)cc1. The van der Waals surface area contributed by atoms with Crippen LogP contribution in [0.15, 0.2) is 211 Å². The molecule has 284 valence electrons. The third kappa shape index (κ3) is 5.08. The molecular weight excluding hydrogens is 745 g/mol. The lowest BCUT2D eigenvalue weighted by Gasteiger charge is -2.13. The smallest absolute Gasteiger partial charge is 0.159 e. The van der Waals surface area contributed by atoms with Crippen LogP contribution in [0.1, 0.15) is 0 Å². The Hall–Kier alpha value is -8.28. The van der Waals surface area contributed by atoms with E-state index in [4.69, 9.17) is 14.4 Å². The van der Waals surface area contributed by atoms with E-state index in [2.05, 4.69) is 185 Å². The summed E-state index contributed by atoms with van der Waals surface area (Å²) in [5.74, 6) is 0. The van der Waals surface area contributed by atoms with Gasteiger partial charge in [-0.05, 0) is 60.2 Å². The number of aromatic nitrogens is 4. The zero-order valence-electron chi connectivity index (χ0n) is 32.8. The molecule has 0 bridgehead atoms. The molecule has 0 saturated heterocycles. The van der Waals surface area contributed by atoms with Gasteiger partial charge in [0.15, 0.2) is 5.58 Å². The molecule has 0 spiro atoms. The summed E-state index contributed by atoms with van der Waals surface area (Å²) in [6.45, 7) is 0. The van der Waals surface area contributed by atoms with E-state index in [1.807, 2.05) is 30.3 Å². The predicted molar refractivity (Wildman–Crippen MR) is 252 cm³/mol. The standard InChI is InChI=1S/C56H34N4O/c1-3-16-35(17-4-1)39-24-14-25-42-43-26-15-31-50(56(43)61-55(39)42)60-49-30-12-8-23-41(49)45-33-51-44(34-52(45)60)40-22-7-11-29-48(40)59(51)38-21-13-20-37(32-38)54-53(36-18-5-2-6-19-36)57-46-27-9-10-28-47(46)58-54/h1-34H. The van der Waals surface area contributed by atoms with Crippen LogP contribution in [0.2, 0.25) is 0 Å². The summed E-state index contributed by atoms with van der Waals surface area (Å²) in [6.07, 6.45) is 0. The van der Waals surface area contributed by atoms with Crippen molar-refractivity contribution < 1.29 is 4.42 Å². The second kappa shape index (κ2) is 13.1. The lowest BCUT2D eigenvalue weighted by Crippen LogP contribution is -1.98. The molecule has 0 aliphatic rings. The summed E-state index contributed by atoms with van der Waals surface area (Å²) in [5, 5.41) is 6.93. The second-order valence-electron chi connectivity index (χ2n) is 15.7. The predicted octanol–water partition coefficient (Wildman–Crippen LogP) is 14.7. The summed E-state index contributed by atoms with van der Waals surface area (Å²) in [4.78, 5) is 10.4. The van der Waals surface area contributed by atoms with Crippen LogP contribution in [-0.2, 0) is 0 Å². The zero-order valence-corrected chi connectivity index (χ0v) is 32.8. The quantitative estimate of drug-likeness (QED) is 0.175. The van der Waals surface area contributed by atoms with E-state index in [0.717, 1.165) is 100 Å². The Labute approximate surface area is 350 Å². The van der Waals surface area contributed by atoms with Gasteiger partial charge in [0.1, 0.15) is 5.58 Å². The van der Waals surface area contributed by atoms with Gasteiger partial charge < -0.3 is 13.6 Å². The van der Waals surface area contributed by atoms with Crippen molar-refractivity contribution in [2.45, 2.75) is 0 Å². The van der Waals surface area contributed by atoms with Crippen LogP contribution in [0.5, 0.6) is 0 Å². The van der Waals surface area contributed by atoms with Gasteiger partial charge in [-0.3, -0.25) is 0 Å². The number of hydrogen-bond acceptors (Lipinski definition) is 3. The van der Waals surface area contributed by atoms with Crippen molar-refractivity contribution >= 4 is 76.6 Å². The maximum Gasteiger partial charge on any atom is 0.159 e. The summed E-state index contributed by atoms with van der Waals surface area (Å²) >= 11 is 0. The Morgan fingerprint density at radius 2 is 0.836 bits per heavy atom. The number of benzene rings is 9. The summed E-state index contributed by atoms with van der Waals surface area (Å²) in [5.41, 5.74) is 16.1. The highest BCUT2D eigenvalue weighted by molar-refractivity contribution is 6.20. The molecule has 0 fully saturated rings. The molecule has 0 aliphatic heterocycles. The Morgan fingerprint density at radius 3 is 1.54 bits per heavy atom. The Kier molecular flexibility index (Phi) is 7.24. The van der Waals surface area contributed by atoms with E-state index in [-0.39, 0.29) is 0 Å². The first-order valence-electron chi connectivity index (χ1n) is 20.7. The molecular formula is C56H34N4O. The number of fused-ring (bicyclic) bond motifs is 10. The van der Waals surface area contributed by atoms with E-state index in [9.17, 15) is 0 Å². The molecule has 5 heteroatoms. The first-order valence-corrected chi connectivity index (χ1v) is 20.7. The number of hydrogen-bond donors (Lipinski definition) is 0. The fourth-order valence-corrected chi connectivity index (χ4v) is 9.59. The van der Waals surface area contributed by atoms with Crippen molar-refractivity contribution in [3.8, 4) is 45.0 Å². The Bertz CT molecular complexity index is 3880. The van der Waals surface area contributed by atoms with Gasteiger partial charge >= 0.3 is 0 Å². The number of nitrogens with zero attached hydrogens (tertiary/aromatic N) is 4. The monoisotopic (exact) mass is 778 g/mol. The average molecular weight is 779 g/mol. The molecule has 0 aliphatic carbocycles. The lowest BCUT2D eigenvalue weighted by atomic mass is 10.0. The molecule has 13 aromatic rings. The Balaban J connectivity index is 1.05. The molecule has 0 N–H and O–H groups in total. The van der Waals surface area contributed by atoms with Crippen molar-refractivity contribution in [2.75, 3.05) is 0 Å². The molecule has 0 unspecified atom stereocenters. The molecule has 9 aromatic carbocycles. The molecule has 0 saturated carbocycles. The van der Waals surface area contributed by atoms with Gasteiger partial charge in [-0.1, -0.05) is 152 Å². The molecule has 4 aromatic heterocycles. The van der Waals surface area contributed by atoms with Crippen LogP contribution < -0.4 is 0 Å². The van der Waals surface area contributed by atoms with Gasteiger partial charge in [0, 0.05) is 54.7 Å². The van der Waals surface area contributed by atoms with Crippen molar-refractivity contribution in [3.63, 3.8) is 0 Å². The minimum absolute atomic E-state index is 0.855. The molecule has 0 amide bonds. The number of para-hydroxylation sites is 6. The lowest BCUT2D eigenvalue weighted by molar-refractivity contribution is 0.667. The summed E-state index contributed by atoms with van der Waals surface area (Å²) < 4.78 is 11.8. The van der Waals surface area contributed by atoms with Crippen LogP contribution in [0.25, 0.3) is 122 Å². The van der Waals surface area contributed by atoms with Crippen LogP contribution in [-0.4, -0.2) is 19.1 Å². The van der Waals surface area contributed by atoms with E-state index in [1.165, 1.54) is 21.5 Å². The molecule has 13 rings (SSSR count). The third-order valence-corrected chi connectivity index (χ3v) is 12.3. The largest absolute Gasteiger partial charge is 0.453 e. The average Bonchev–Trinajstić information content (AvgIpc) is 3.98. The summed E-state index contributed by atoms with van der Waals surface area (Å²) in [7, 11) is 0. The molecule has 5 nitrogen and oxygen atoms in total. The maximum atomic E-state index is 6.98. The fraction of sp³-hybridized carbons (Fsp3) is 0. The van der Waals surface area contributed by atoms with E-state index in [1.54, 1.807) is 0 Å². The van der Waals surface area contributed by atoms with E-state index >= 15 is 0 Å². The van der Waals surface area contributed by atoms with Crippen molar-refractivity contribution in [1.29, 1.82) is 0 Å². The van der Waals surface area contributed by atoms with Crippen molar-refractivity contribution in [3.05, 3.63) is 206 Å². The minimum Gasteiger partial charge on any atom is -0.453 e. The molecule has 0 atom stereocenters. The molecule has 61 heavy (non-hydrogen) atoms. The van der Waals surface area contributed by atoms with Crippen molar-refractivity contribution in [2.24, 2.45) is 0 Å². The van der Waals surface area contributed by atoms with Gasteiger partial charge in [-0.25, -0.2) is 9.97 Å². The normalized spacial score (nSPS) is 11.9. The van der Waals surface area contributed by atoms with Gasteiger partial charge in [0.2, 0.25) is 0 Å². The van der Waals surface area contributed by atoms with Gasteiger partial charge in [0.05, 0.1) is 50.2 Å². The fourth-order valence-electron chi connectivity index (χ4n) is 9.59. The minimum atomic E-state index is 0.855. The zero-order chi connectivity index (χ0) is 40.0. The van der Waals surface area contributed by atoms with Gasteiger partial charge in [0.25, 0.3) is 0 Å². The van der Waals surface area contributed by atoms with Crippen LogP contribution in [0.3, 0.4) is 0 Å². The highest BCUT2D eigenvalue weighted by atomic mass is 16.3. The number of furan rings is 1. The van der Waals surface area contributed by atoms with Gasteiger partial charge in [-0.15, -0.1) is 0 Å². The second-order valence-corrected chi connectivity index (χ2v) is 15.7. The molecule has 0 radical (unpaired) electrons. The highest BCUT2D eigenvalue weighted by Crippen LogP contribution is 2.43. The van der Waals surface area contributed by atoms with Crippen LogP contribution in [0, 0.1) is 0 Å². The van der Waals surface area contributed by atoms with Crippen LogP contribution >= 0.6 is 0 Å². The molecule has 4 heterocycles.